The number of amides is 1. The monoisotopic (exact) mass is 318 g/mol. The van der Waals surface area contributed by atoms with Crippen molar-refractivity contribution in [1.82, 2.24) is 9.21 Å². The molecule has 2 heterocycles. The van der Waals surface area contributed by atoms with Gasteiger partial charge < -0.3 is 9.64 Å². The number of nitrogens with zero attached hydrogens (tertiary/aromatic N) is 2. The summed E-state index contributed by atoms with van der Waals surface area (Å²) in [6.45, 7) is 3.60. The van der Waals surface area contributed by atoms with E-state index in [1.807, 2.05) is 11.8 Å². The average molecular weight is 318 g/mol. The zero-order valence-corrected chi connectivity index (χ0v) is 14.0. The highest BCUT2D eigenvalue weighted by Crippen LogP contribution is 2.43. The number of hydrogen-bond acceptors (Lipinski definition) is 4. The molecule has 6 nitrogen and oxygen atoms in total. The van der Waals surface area contributed by atoms with Gasteiger partial charge in [-0.1, -0.05) is 6.92 Å². The lowest BCUT2D eigenvalue weighted by atomic mass is 9.86. The number of carbonyl (C=O) groups is 1. The Morgan fingerprint density at radius 1 is 1.29 bits per heavy atom. The van der Waals surface area contributed by atoms with Gasteiger partial charge in [0.25, 0.3) is 0 Å². The summed E-state index contributed by atoms with van der Waals surface area (Å²) in [4.78, 5) is 13.6. The summed E-state index contributed by atoms with van der Waals surface area (Å²) in [5.74, 6) is 0.155. The third-order valence-electron chi connectivity index (χ3n) is 4.81. The Hall–Kier alpha value is -0.660. The molecule has 1 atom stereocenters. The molecule has 122 valence electrons. The van der Waals surface area contributed by atoms with Crippen LogP contribution in [0.5, 0.6) is 0 Å². The number of piperidine rings is 1. The van der Waals surface area contributed by atoms with E-state index in [0.29, 0.717) is 26.1 Å². The van der Waals surface area contributed by atoms with Crippen LogP contribution >= 0.6 is 0 Å². The molecule has 21 heavy (non-hydrogen) atoms. The van der Waals surface area contributed by atoms with E-state index in [0.717, 1.165) is 25.7 Å². The van der Waals surface area contributed by atoms with Crippen LogP contribution < -0.4 is 0 Å². The van der Waals surface area contributed by atoms with Crippen molar-refractivity contribution in [2.75, 3.05) is 33.1 Å². The molecule has 0 bridgehead atoms. The number of carbonyl (C=O) groups excluding carboxylic acids is 1. The first-order valence-corrected chi connectivity index (χ1v) is 9.45. The minimum Gasteiger partial charge on any atom is -0.383 e. The van der Waals surface area contributed by atoms with Crippen LogP contribution in [0.2, 0.25) is 0 Å². The summed E-state index contributed by atoms with van der Waals surface area (Å²) in [7, 11) is -1.67. The number of rotatable bonds is 4. The smallest absolute Gasteiger partial charge is 0.222 e. The van der Waals surface area contributed by atoms with Crippen LogP contribution in [0.3, 0.4) is 0 Å². The normalized spacial score (nSPS) is 26.4. The lowest BCUT2D eigenvalue weighted by molar-refractivity contribution is -0.133. The van der Waals surface area contributed by atoms with E-state index in [2.05, 4.69) is 0 Å². The minimum atomic E-state index is -3.28. The van der Waals surface area contributed by atoms with Gasteiger partial charge in [0.2, 0.25) is 15.9 Å². The first kappa shape index (κ1) is 16.7. The molecule has 7 heteroatoms. The van der Waals surface area contributed by atoms with Crippen molar-refractivity contribution < 1.29 is 17.9 Å². The third kappa shape index (κ3) is 3.24. The molecule has 0 aromatic heterocycles. The van der Waals surface area contributed by atoms with E-state index in [-0.39, 0.29) is 17.5 Å². The SMILES string of the molecule is CCC(=O)N1CCC2(CCC(COC)N2S(C)(=O)=O)CC1. The predicted molar refractivity (Wildman–Crippen MR) is 80.4 cm³/mol. The fraction of sp³-hybridized carbons (Fsp3) is 0.929. The van der Waals surface area contributed by atoms with Gasteiger partial charge in [0.1, 0.15) is 0 Å². The van der Waals surface area contributed by atoms with Crippen molar-refractivity contribution in [2.45, 2.75) is 50.6 Å². The third-order valence-corrected chi connectivity index (χ3v) is 6.21. The molecule has 0 radical (unpaired) electrons. The maximum Gasteiger partial charge on any atom is 0.222 e. The van der Waals surface area contributed by atoms with Crippen LogP contribution in [0, 0.1) is 0 Å². The maximum atomic E-state index is 12.3. The molecule has 2 aliphatic heterocycles. The molecule has 0 saturated carbocycles. The number of ether oxygens (including phenoxy) is 1. The molecule has 2 aliphatic rings. The summed E-state index contributed by atoms with van der Waals surface area (Å²) in [5.41, 5.74) is -0.318. The summed E-state index contributed by atoms with van der Waals surface area (Å²) >= 11 is 0. The van der Waals surface area contributed by atoms with E-state index in [1.165, 1.54) is 6.26 Å². The van der Waals surface area contributed by atoms with E-state index in [1.54, 1.807) is 11.4 Å². The van der Waals surface area contributed by atoms with Crippen LogP contribution in [-0.4, -0.2) is 68.2 Å². The molecular weight excluding hydrogens is 292 g/mol. The molecule has 0 aromatic rings. The first-order chi connectivity index (χ1) is 9.84. The Morgan fingerprint density at radius 3 is 2.38 bits per heavy atom. The maximum absolute atomic E-state index is 12.3. The molecule has 1 amide bonds. The van der Waals surface area contributed by atoms with Crippen LogP contribution in [-0.2, 0) is 19.6 Å². The van der Waals surface area contributed by atoms with Gasteiger partial charge in [-0.05, 0) is 25.7 Å². The lowest BCUT2D eigenvalue weighted by Crippen LogP contribution is -2.57. The fourth-order valence-corrected chi connectivity index (χ4v) is 5.57. The molecular formula is C14H26N2O4S. The number of sulfonamides is 1. The summed E-state index contributed by atoms with van der Waals surface area (Å²) in [6.07, 6.45) is 4.95. The molecule has 0 aromatic carbocycles. The van der Waals surface area contributed by atoms with E-state index < -0.39 is 10.0 Å². The first-order valence-electron chi connectivity index (χ1n) is 7.60. The van der Waals surface area contributed by atoms with Crippen LogP contribution in [0.15, 0.2) is 0 Å². The molecule has 2 fully saturated rings. The van der Waals surface area contributed by atoms with E-state index in [9.17, 15) is 13.2 Å². The summed E-state index contributed by atoms with van der Waals surface area (Å²) in [6, 6.07) is -0.0709. The van der Waals surface area contributed by atoms with Gasteiger partial charge in [0.05, 0.1) is 12.9 Å². The van der Waals surface area contributed by atoms with Crippen molar-refractivity contribution in [3.63, 3.8) is 0 Å². The van der Waals surface area contributed by atoms with E-state index in [4.69, 9.17) is 4.74 Å². The standard InChI is InChI=1S/C14H26N2O4S/c1-4-13(17)15-9-7-14(8-10-15)6-5-12(11-20-2)16(14)21(3,18)19/h12H,4-11H2,1-3H3. The summed E-state index contributed by atoms with van der Waals surface area (Å²) < 4.78 is 31.4. The molecule has 2 rings (SSSR count). The van der Waals surface area contributed by atoms with Crippen LogP contribution in [0.1, 0.15) is 39.0 Å². The molecule has 1 spiro atoms. The summed E-state index contributed by atoms with van der Waals surface area (Å²) in [5, 5.41) is 0. The largest absolute Gasteiger partial charge is 0.383 e. The number of hydrogen-bond donors (Lipinski definition) is 0. The van der Waals surface area contributed by atoms with Crippen molar-refractivity contribution in [1.29, 1.82) is 0 Å². The van der Waals surface area contributed by atoms with Gasteiger partial charge in [-0.2, -0.15) is 4.31 Å². The highest BCUT2D eigenvalue weighted by atomic mass is 32.2. The Kier molecular flexibility index (Phi) is 4.95. The van der Waals surface area contributed by atoms with Crippen LogP contribution in [0.25, 0.3) is 0 Å². The van der Waals surface area contributed by atoms with Gasteiger partial charge in [0.15, 0.2) is 0 Å². The molecule has 1 unspecified atom stereocenters. The van der Waals surface area contributed by atoms with Crippen molar-refractivity contribution in [3.8, 4) is 0 Å². The van der Waals surface area contributed by atoms with Crippen LogP contribution in [0.4, 0.5) is 0 Å². The van der Waals surface area contributed by atoms with Gasteiger partial charge in [0, 0.05) is 38.2 Å². The zero-order chi connectivity index (χ0) is 15.7. The van der Waals surface area contributed by atoms with E-state index >= 15 is 0 Å². The lowest BCUT2D eigenvalue weighted by Gasteiger charge is -2.45. The van der Waals surface area contributed by atoms with Crippen molar-refractivity contribution >= 4 is 15.9 Å². The molecule has 0 N–H and O–H groups in total. The Bertz CT molecular complexity index is 483. The topological polar surface area (TPSA) is 66.9 Å². The van der Waals surface area contributed by atoms with Gasteiger partial charge in [-0.3, -0.25) is 4.79 Å². The Labute approximate surface area is 127 Å². The van der Waals surface area contributed by atoms with Gasteiger partial charge in [-0.25, -0.2) is 8.42 Å². The second kappa shape index (κ2) is 6.22. The minimum absolute atomic E-state index is 0.0709. The molecule has 2 saturated heterocycles. The van der Waals surface area contributed by atoms with Crippen molar-refractivity contribution in [2.24, 2.45) is 0 Å². The van der Waals surface area contributed by atoms with Crippen molar-refractivity contribution in [3.05, 3.63) is 0 Å². The van der Waals surface area contributed by atoms with Gasteiger partial charge >= 0.3 is 0 Å². The Balaban J connectivity index is 2.17. The Morgan fingerprint density at radius 2 is 1.90 bits per heavy atom. The molecule has 0 aliphatic carbocycles. The predicted octanol–water partition coefficient (Wildman–Crippen LogP) is 0.828. The number of methoxy groups -OCH3 is 1. The zero-order valence-electron chi connectivity index (χ0n) is 13.2. The average Bonchev–Trinajstić information content (AvgIpc) is 2.77. The van der Waals surface area contributed by atoms with Gasteiger partial charge in [-0.15, -0.1) is 0 Å². The quantitative estimate of drug-likeness (QED) is 0.770. The highest BCUT2D eigenvalue weighted by molar-refractivity contribution is 7.88. The number of likely N-dealkylation sites (tertiary alicyclic amines) is 1. The second-order valence-electron chi connectivity index (χ2n) is 6.17. The second-order valence-corrected chi connectivity index (χ2v) is 8.02. The fourth-order valence-electron chi connectivity index (χ4n) is 3.88. The highest BCUT2D eigenvalue weighted by Gasteiger charge is 2.52.